The molecule has 0 N–H and O–H groups in total. The van der Waals surface area contributed by atoms with Crippen LogP contribution in [-0.4, -0.2) is 63.1 Å². The highest BCUT2D eigenvalue weighted by atomic mass is 19.4. The topological polar surface area (TPSA) is 75.1 Å². The zero-order valence-electron chi connectivity index (χ0n) is 17.7. The zero-order valence-corrected chi connectivity index (χ0v) is 17.7. The van der Waals surface area contributed by atoms with Crippen molar-refractivity contribution in [3.63, 3.8) is 0 Å². The first-order valence-electron chi connectivity index (χ1n) is 10.5. The maximum Gasteiger partial charge on any atom is 0.401 e. The number of likely N-dealkylation sites (tertiary alicyclic amines) is 1. The van der Waals surface area contributed by atoms with Crippen LogP contribution in [0.25, 0.3) is 10.9 Å². The first kappa shape index (κ1) is 21.5. The lowest BCUT2D eigenvalue weighted by atomic mass is 9.78. The largest absolute Gasteiger partial charge is 0.401 e. The fourth-order valence-corrected chi connectivity index (χ4v) is 4.62. The molecule has 4 heterocycles. The minimum Gasteiger partial charge on any atom is -0.342 e. The molecule has 7 nitrogen and oxygen atoms in total. The molecule has 1 atom stereocenters. The second-order valence-corrected chi connectivity index (χ2v) is 8.54. The minimum atomic E-state index is -4.58. The van der Waals surface area contributed by atoms with E-state index in [9.17, 15) is 22.4 Å². The van der Waals surface area contributed by atoms with Gasteiger partial charge in [-0.1, -0.05) is 0 Å². The lowest BCUT2D eigenvalue weighted by Gasteiger charge is -2.41. The van der Waals surface area contributed by atoms with Crippen molar-refractivity contribution in [3.8, 4) is 0 Å². The summed E-state index contributed by atoms with van der Waals surface area (Å²) in [4.78, 5) is 31.9. The van der Waals surface area contributed by atoms with Gasteiger partial charge in [0.1, 0.15) is 11.2 Å². The number of rotatable bonds is 3. The number of fused-ring (bicyclic) bond motifs is 1. The third-order valence-electron chi connectivity index (χ3n) is 6.52. The van der Waals surface area contributed by atoms with E-state index in [-0.39, 0.29) is 30.4 Å². The summed E-state index contributed by atoms with van der Waals surface area (Å²) in [5.74, 6) is -0.640. The number of hydrogen-bond donors (Lipinski definition) is 0. The Hall–Kier alpha value is -3.37. The number of amides is 1. The zero-order chi connectivity index (χ0) is 23.4. The van der Waals surface area contributed by atoms with Gasteiger partial charge >= 0.3 is 6.18 Å². The van der Waals surface area contributed by atoms with E-state index in [2.05, 4.69) is 19.9 Å². The van der Waals surface area contributed by atoms with Crippen LogP contribution < -0.4 is 4.90 Å². The average Bonchev–Trinajstić information content (AvgIpc) is 3.20. The summed E-state index contributed by atoms with van der Waals surface area (Å²) in [7, 11) is 0. The van der Waals surface area contributed by atoms with Crippen LogP contribution in [0.15, 0.2) is 36.8 Å². The molecule has 0 radical (unpaired) electrons. The molecule has 3 aromatic rings. The van der Waals surface area contributed by atoms with Gasteiger partial charge in [0.15, 0.2) is 0 Å². The standard InChI is InChI=1S/C22H20F4N6O/c1-13(33)31-7-4-21(12-31,22(24,25)26)19-18(27-5-6-28-19)15-10-32(11-15)20-29-9-14-8-16(23)2-3-17(14)30-20/h2-3,5-6,8-9,15H,4,7,10-12H2,1H3. The molecule has 1 amide bonds. The second-order valence-electron chi connectivity index (χ2n) is 8.54. The summed E-state index contributed by atoms with van der Waals surface area (Å²) in [5.41, 5.74) is -1.48. The highest BCUT2D eigenvalue weighted by Crippen LogP contribution is 2.49. The number of alkyl halides is 3. The Morgan fingerprint density at radius 1 is 1.15 bits per heavy atom. The quantitative estimate of drug-likeness (QED) is 0.559. The van der Waals surface area contributed by atoms with Crippen molar-refractivity contribution in [1.82, 2.24) is 24.8 Å². The van der Waals surface area contributed by atoms with Crippen molar-refractivity contribution in [2.24, 2.45) is 0 Å². The summed E-state index contributed by atoms with van der Waals surface area (Å²) in [5, 5.41) is 0.565. The van der Waals surface area contributed by atoms with Crippen LogP contribution >= 0.6 is 0 Å². The van der Waals surface area contributed by atoms with E-state index in [1.165, 1.54) is 42.5 Å². The van der Waals surface area contributed by atoms with E-state index in [0.29, 0.717) is 35.6 Å². The maximum atomic E-state index is 14.4. The number of halogens is 4. The van der Waals surface area contributed by atoms with Crippen molar-refractivity contribution in [2.75, 3.05) is 31.1 Å². The van der Waals surface area contributed by atoms with Crippen molar-refractivity contribution in [2.45, 2.75) is 30.9 Å². The number of anilines is 1. The predicted octanol–water partition coefficient (Wildman–Crippen LogP) is 3.22. The lowest BCUT2D eigenvalue weighted by Crippen LogP contribution is -2.50. The van der Waals surface area contributed by atoms with Crippen LogP contribution in [-0.2, 0) is 10.2 Å². The van der Waals surface area contributed by atoms with Gasteiger partial charge in [-0.2, -0.15) is 13.2 Å². The Morgan fingerprint density at radius 3 is 2.61 bits per heavy atom. The van der Waals surface area contributed by atoms with Crippen molar-refractivity contribution in [3.05, 3.63) is 54.0 Å². The van der Waals surface area contributed by atoms with E-state index in [0.717, 1.165) is 0 Å². The van der Waals surface area contributed by atoms with E-state index in [1.54, 1.807) is 6.07 Å². The molecule has 2 aliphatic heterocycles. The second kappa shape index (κ2) is 7.60. The van der Waals surface area contributed by atoms with Gasteiger partial charge < -0.3 is 9.80 Å². The number of carbonyl (C=O) groups excluding carboxylic acids is 1. The monoisotopic (exact) mass is 460 g/mol. The van der Waals surface area contributed by atoms with E-state index < -0.39 is 24.0 Å². The number of nitrogens with zero attached hydrogens (tertiary/aromatic N) is 6. The molecular formula is C22H20F4N6O. The fourth-order valence-electron chi connectivity index (χ4n) is 4.62. The van der Waals surface area contributed by atoms with Gasteiger partial charge in [0.05, 0.1) is 16.9 Å². The van der Waals surface area contributed by atoms with Gasteiger partial charge in [-0.05, 0) is 24.6 Å². The molecule has 1 unspecified atom stereocenters. The molecule has 0 saturated carbocycles. The molecular weight excluding hydrogens is 440 g/mol. The predicted molar refractivity (Wildman–Crippen MR) is 111 cm³/mol. The van der Waals surface area contributed by atoms with E-state index in [4.69, 9.17) is 0 Å². The fraction of sp³-hybridized carbons (Fsp3) is 0.409. The highest BCUT2D eigenvalue weighted by molar-refractivity contribution is 5.78. The molecule has 2 aliphatic rings. The van der Waals surface area contributed by atoms with Gasteiger partial charge in [0.25, 0.3) is 0 Å². The summed E-state index contributed by atoms with van der Waals surface area (Å²) < 4.78 is 56.5. The Labute approximate surface area is 186 Å². The van der Waals surface area contributed by atoms with Crippen molar-refractivity contribution in [1.29, 1.82) is 0 Å². The molecule has 33 heavy (non-hydrogen) atoms. The third-order valence-corrected chi connectivity index (χ3v) is 6.52. The number of hydrogen-bond acceptors (Lipinski definition) is 6. The van der Waals surface area contributed by atoms with Gasteiger partial charge in [-0.25, -0.2) is 14.4 Å². The van der Waals surface area contributed by atoms with Crippen LogP contribution in [0.1, 0.15) is 30.7 Å². The molecule has 11 heteroatoms. The van der Waals surface area contributed by atoms with Crippen LogP contribution in [0.2, 0.25) is 0 Å². The first-order chi connectivity index (χ1) is 15.7. The maximum absolute atomic E-state index is 14.4. The third kappa shape index (κ3) is 3.55. The summed E-state index contributed by atoms with van der Waals surface area (Å²) in [6.45, 7) is 1.59. The average molecular weight is 460 g/mol. The number of carbonyl (C=O) groups is 1. The van der Waals surface area contributed by atoms with Crippen LogP contribution in [0, 0.1) is 5.82 Å². The number of aromatic nitrogens is 4. The normalized spacial score (nSPS) is 21.5. The molecule has 2 fully saturated rings. The van der Waals surface area contributed by atoms with Crippen LogP contribution in [0.4, 0.5) is 23.5 Å². The Morgan fingerprint density at radius 2 is 1.91 bits per heavy atom. The molecule has 172 valence electrons. The van der Waals surface area contributed by atoms with Gasteiger partial charge in [-0.15, -0.1) is 0 Å². The molecule has 0 bridgehead atoms. The lowest BCUT2D eigenvalue weighted by molar-refractivity contribution is -0.188. The molecule has 0 aliphatic carbocycles. The number of benzene rings is 1. The Bertz CT molecular complexity index is 1230. The van der Waals surface area contributed by atoms with Crippen LogP contribution in [0.5, 0.6) is 0 Å². The van der Waals surface area contributed by atoms with Gasteiger partial charge in [-0.3, -0.25) is 14.8 Å². The Balaban J connectivity index is 1.42. The smallest absolute Gasteiger partial charge is 0.342 e. The minimum absolute atomic E-state index is 0.0210. The molecule has 1 aromatic carbocycles. The van der Waals surface area contributed by atoms with E-state index >= 15 is 0 Å². The summed E-state index contributed by atoms with van der Waals surface area (Å²) in [6.07, 6.45) is -0.644. The molecule has 0 spiro atoms. The Kier molecular flexibility index (Phi) is 4.95. The van der Waals surface area contributed by atoms with Crippen molar-refractivity contribution < 1.29 is 22.4 Å². The highest BCUT2D eigenvalue weighted by Gasteiger charge is 2.62. The van der Waals surface area contributed by atoms with Gasteiger partial charge in [0.2, 0.25) is 11.9 Å². The van der Waals surface area contributed by atoms with Crippen LogP contribution in [0.3, 0.4) is 0 Å². The van der Waals surface area contributed by atoms with Gasteiger partial charge in [0, 0.05) is 63.0 Å². The first-order valence-corrected chi connectivity index (χ1v) is 10.5. The van der Waals surface area contributed by atoms with E-state index in [1.807, 2.05) is 4.90 Å². The molecule has 2 aromatic heterocycles. The van der Waals surface area contributed by atoms with Crippen molar-refractivity contribution >= 4 is 22.8 Å². The molecule has 2 saturated heterocycles. The molecule has 5 rings (SSSR count). The SMILES string of the molecule is CC(=O)N1CCC(c2nccnc2C2CN(c3ncc4cc(F)ccc4n3)C2)(C(F)(F)F)C1. The summed E-state index contributed by atoms with van der Waals surface area (Å²) in [6, 6.07) is 4.21. The summed E-state index contributed by atoms with van der Waals surface area (Å²) >= 11 is 0.